The Kier molecular flexibility index (Phi) is 13.9. The lowest BCUT2D eigenvalue weighted by Gasteiger charge is -2.28. The van der Waals surface area contributed by atoms with Crippen molar-refractivity contribution >= 4 is 27.9 Å². The summed E-state index contributed by atoms with van der Waals surface area (Å²) in [7, 11) is 4.94. The molecular formula is C30H48BrN3O5. The van der Waals surface area contributed by atoms with Crippen LogP contribution in [-0.2, 0) is 17.7 Å². The predicted molar refractivity (Wildman–Crippen MR) is 162 cm³/mol. The summed E-state index contributed by atoms with van der Waals surface area (Å²) >= 11 is 3.69. The molecule has 1 aliphatic rings. The Morgan fingerprint density at radius 1 is 0.974 bits per heavy atom. The summed E-state index contributed by atoms with van der Waals surface area (Å²) in [5.74, 6) is 1.29. The minimum absolute atomic E-state index is 0.0553. The Balaban J connectivity index is 0.00000181. The summed E-state index contributed by atoms with van der Waals surface area (Å²) in [5, 5.41) is 0. The Hall–Kier alpha value is -2.68. The van der Waals surface area contributed by atoms with Gasteiger partial charge in [-0.2, -0.15) is 0 Å². The third-order valence-electron chi connectivity index (χ3n) is 5.93. The van der Waals surface area contributed by atoms with E-state index in [1.54, 1.807) is 26.2 Å². The minimum Gasteiger partial charge on any atom is -0.493 e. The van der Waals surface area contributed by atoms with Crippen LogP contribution in [0.3, 0.4) is 0 Å². The number of nitrogens with zero attached hydrogens (tertiary/aromatic N) is 3. The van der Waals surface area contributed by atoms with Gasteiger partial charge in [0.1, 0.15) is 11.3 Å². The molecule has 3 rings (SSSR count). The van der Waals surface area contributed by atoms with Crippen molar-refractivity contribution in [2.75, 3.05) is 40.9 Å². The first-order valence-electron chi connectivity index (χ1n) is 13.9. The number of hydrogen-bond acceptors (Lipinski definition) is 5. The number of carbonyl (C=O) groups excluding carboxylic acids is 2. The summed E-state index contributed by atoms with van der Waals surface area (Å²) in [4.78, 5) is 29.3. The van der Waals surface area contributed by atoms with Gasteiger partial charge in [-0.05, 0) is 73.3 Å². The average molecular weight is 611 g/mol. The van der Waals surface area contributed by atoms with Gasteiger partial charge in [0.05, 0.1) is 19.9 Å². The van der Waals surface area contributed by atoms with Crippen LogP contribution in [0.2, 0.25) is 0 Å². The highest BCUT2D eigenvalue weighted by Gasteiger charge is 2.29. The zero-order valence-electron chi connectivity index (χ0n) is 25.7. The summed E-state index contributed by atoms with van der Waals surface area (Å²) < 4.78 is 19.4. The lowest BCUT2D eigenvalue weighted by Crippen LogP contribution is -2.42. The largest absolute Gasteiger partial charge is 0.493 e. The van der Waals surface area contributed by atoms with Gasteiger partial charge >= 0.3 is 6.09 Å². The number of rotatable bonds is 8. The van der Waals surface area contributed by atoms with Crippen molar-refractivity contribution in [3.63, 3.8) is 0 Å². The van der Waals surface area contributed by atoms with E-state index >= 15 is 0 Å². The SMILES string of the molecule is CC.CC.CCCN(CCN(C)C(=O)OC(C)(C)C)C(=O)c1cc(Br)c2n1CCc1cc(OC)c(OC)cc1-2. The molecule has 220 valence electrons. The van der Waals surface area contributed by atoms with Crippen LogP contribution < -0.4 is 9.47 Å². The molecule has 0 saturated carbocycles. The standard InChI is InChI=1S/C26H36BrN3O5.2C2H6/c1-8-10-29(13-12-28(5)25(32)35-26(2,3)4)24(31)20-16-19(27)23-18-15-22(34-7)21(33-6)14-17(18)9-11-30(20)23;2*1-2/h14-16H,8-13H2,1-7H3;2*1-2H3. The molecule has 0 bridgehead atoms. The molecule has 2 amide bonds. The van der Waals surface area contributed by atoms with E-state index in [2.05, 4.69) is 20.5 Å². The molecule has 2 aromatic rings. The van der Waals surface area contributed by atoms with Gasteiger partial charge in [-0.3, -0.25) is 4.79 Å². The quantitative estimate of drug-likeness (QED) is 0.315. The molecule has 39 heavy (non-hydrogen) atoms. The van der Waals surface area contributed by atoms with Crippen LogP contribution in [0.15, 0.2) is 22.7 Å². The normalized spacial score (nSPS) is 11.5. The number of amides is 2. The summed E-state index contributed by atoms with van der Waals surface area (Å²) in [6.07, 6.45) is 1.19. The number of aromatic nitrogens is 1. The monoisotopic (exact) mass is 609 g/mol. The van der Waals surface area contributed by atoms with E-state index in [-0.39, 0.29) is 5.91 Å². The average Bonchev–Trinajstić information content (AvgIpc) is 3.27. The number of likely N-dealkylation sites (N-methyl/N-ethyl adjacent to an activating group) is 1. The van der Waals surface area contributed by atoms with Gasteiger partial charge < -0.3 is 28.6 Å². The molecule has 2 heterocycles. The number of ether oxygens (including phenoxy) is 3. The molecule has 0 spiro atoms. The van der Waals surface area contributed by atoms with E-state index in [0.29, 0.717) is 43.4 Å². The number of benzene rings is 1. The van der Waals surface area contributed by atoms with E-state index < -0.39 is 11.7 Å². The number of methoxy groups -OCH3 is 2. The fourth-order valence-corrected chi connectivity index (χ4v) is 4.87. The lowest BCUT2D eigenvalue weighted by atomic mass is 9.97. The van der Waals surface area contributed by atoms with Gasteiger partial charge in [0.25, 0.3) is 5.91 Å². The van der Waals surface area contributed by atoms with E-state index in [1.807, 2.05) is 73.6 Å². The maximum absolute atomic E-state index is 13.7. The molecule has 8 nitrogen and oxygen atoms in total. The van der Waals surface area contributed by atoms with Crippen molar-refractivity contribution < 1.29 is 23.8 Å². The number of aryl methyl sites for hydroxylation is 1. The summed E-state index contributed by atoms with van der Waals surface area (Å²) in [5.41, 5.74) is 3.19. The molecule has 9 heteroatoms. The molecule has 0 atom stereocenters. The zero-order valence-corrected chi connectivity index (χ0v) is 27.3. The van der Waals surface area contributed by atoms with Crippen LogP contribution in [0, 0.1) is 0 Å². The highest BCUT2D eigenvalue weighted by atomic mass is 79.9. The van der Waals surface area contributed by atoms with Crippen molar-refractivity contribution in [3.8, 4) is 22.8 Å². The molecular weight excluding hydrogens is 562 g/mol. The van der Waals surface area contributed by atoms with Crippen molar-refractivity contribution in [2.45, 2.75) is 80.4 Å². The van der Waals surface area contributed by atoms with Crippen LogP contribution in [0.25, 0.3) is 11.3 Å². The second kappa shape index (κ2) is 15.8. The molecule has 0 fully saturated rings. The fourth-order valence-electron chi connectivity index (χ4n) is 4.23. The smallest absolute Gasteiger partial charge is 0.410 e. The number of halogens is 1. The van der Waals surface area contributed by atoms with E-state index in [4.69, 9.17) is 14.2 Å². The molecule has 1 aromatic heterocycles. The van der Waals surface area contributed by atoms with E-state index in [0.717, 1.165) is 34.1 Å². The Morgan fingerprint density at radius 2 is 1.56 bits per heavy atom. The Morgan fingerprint density at radius 3 is 2.10 bits per heavy atom. The predicted octanol–water partition coefficient (Wildman–Crippen LogP) is 7.26. The maximum atomic E-state index is 13.7. The lowest BCUT2D eigenvalue weighted by molar-refractivity contribution is 0.0277. The van der Waals surface area contributed by atoms with Gasteiger partial charge in [0, 0.05) is 43.3 Å². The first kappa shape index (κ1) is 34.3. The number of fused-ring (bicyclic) bond motifs is 3. The maximum Gasteiger partial charge on any atom is 0.410 e. The Bertz CT molecular complexity index is 1090. The van der Waals surface area contributed by atoms with Gasteiger partial charge in [0.2, 0.25) is 0 Å². The molecule has 0 N–H and O–H groups in total. The van der Waals surface area contributed by atoms with Gasteiger partial charge in [-0.15, -0.1) is 0 Å². The second-order valence-electron chi connectivity index (χ2n) is 9.69. The number of carbonyl (C=O) groups is 2. The van der Waals surface area contributed by atoms with Gasteiger partial charge in [-0.1, -0.05) is 34.6 Å². The second-order valence-corrected chi connectivity index (χ2v) is 10.5. The van der Waals surface area contributed by atoms with E-state index in [9.17, 15) is 9.59 Å². The Labute approximate surface area is 243 Å². The van der Waals surface area contributed by atoms with Crippen LogP contribution in [0.4, 0.5) is 4.79 Å². The van der Waals surface area contributed by atoms with Crippen LogP contribution in [0.1, 0.15) is 77.9 Å². The third kappa shape index (κ3) is 8.65. The summed E-state index contributed by atoms with van der Waals surface area (Å²) in [6.45, 7) is 17.6. The third-order valence-corrected chi connectivity index (χ3v) is 6.53. The van der Waals surface area contributed by atoms with Gasteiger partial charge in [0.15, 0.2) is 11.5 Å². The topological polar surface area (TPSA) is 73.2 Å². The summed E-state index contributed by atoms with van der Waals surface area (Å²) in [6, 6.07) is 5.87. The highest BCUT2D eigenvalue weighted by molar-refractivity contribution is 9.10. The van der Waals surface area contributed by atoms with Crippen molar-refractivity contribution in [2.24, 2.45) is 0 Å². The molecule has 0 radical (unpaired) electrons. The molecule has 1 aromatic carbocycles. The van der Waals surface area contributed by atoms with Gasteiger partial charge in [-0.25, -0.2) is 4.79 Å². The van der Waals surface area contributed by atoms with Crippen molar-refractivity contribution in [1.29, 1.82) is 0 Å². The molecule has 0 unspecified atom stereocenters. The van der Waals surface area contributed by atoms with Crippen LogP contribution in [0.5, 0.6) is 11.5 Å². The van der Waals surface area contributed by atoms with Crippen molar-refractivity contribution in [3.05, 3.63) is 33.9 Å². The first-order valence-corrected chi connectivity index (χ1v) is 14.7. The molecule has 1 aliphatic heterocycles. The highest BCUT2D eigenvalue weighted by Crippen LogP contribution is 2.42. The van der Waals surface area contributed by atoms with Crippen LogP contribution in [-0.4, -0.2) is 72.9 Å². The molecule has 0 aliphatic carbocycles. The zero-order chi connectivity index (χ0) is 29.9. The van der Waals surface area contributed by atoms with Crippen molar-refractivity contribution in [1.82, 2.24) is 14.4 Å². The first-order chi connectivity index (χ1) is 18.5. The van der Waals surface area contributed by atoms with Crippen LogP contribution >= 0.6 is 15.9 Å². The van der Waals surface area contributed by atoms with E-state index in [1.165, 1.54) is 4.90 Å². The molecule has 0 saturated heterocycles. The minimum atomic E-state index is -0.565. The fraction of sp³-hybridized carbons (Fsp3) is 0.600. The number of hydrogen-bond donors (Lipinski definition) is 0.